The largest absolute Gasteiger partial charge is 0.357 e. The molecule has 1 N–H and O–H groups in total. The van der Waals surface area contributed by atoms with Crippen LogP contribution < -0.4 is 5.32 Å². The first-order valence-electron chi connectivity index (χ1n) is 9.05. The normalized spacial score (nSPS) is 11.7. The SMILES string of the molecule is CNC(=O)C(C)N(Cc1ccccc1F)C(=O)CCCSc1ccc(Cl)cc1. The molecule has 2 amide bonds. The second kappa shape index (κ2) is 11.1. The van der Waals surface area contributed by atoms with Gasteiger partial charge in [0.1, 0.15) is 11.9 Å². The van der Waals surface area contributed by atoms with Gasteiger partial charge in [-0.15, -0.1) is 11.8 Å². The smallest absolute Gasteiger partial charge is 0.242 e. The fraction of sp³-hybridized carbons (Fsp3) is 0.333. The van der Waals surface area contributed by atoms with Crippen molar-refractivity contribution in [3.63, 3.8) is 0 Å². The number of thioether (sulfide) groups is 1. The third-order valence-corrected chi connectivity index (χ3v) is 5.68. The fourth-order valence-corrected chi connectivity index (χ4v) is 3.67. The summed E-state index contributed by atoms with van der Waals surface area (Å²) < 4.78 is 14.0. The lowest BCUT2D eigenvalue weighted by Gasteiger charge is -2.28. The van der Waals surface area contributed by atoms with E-state index in [1.807, 2.05) is 24.3 Å². The van der Waals surface area contributed by atoms with Crippen LogP contribution in [0.2, 0.25) is 5.02 Å². The first-order valence-corrected chi connectivity index (χ1v) is 10.4. The molecule has 1 unspecified atom stereocenters. The molecular weight excluding hydrogens is 399 g/mol. The average Bonchev–Trinajstić information content (AvgIpc) is 2.70. The van der Waals surface area contributed by atoms with E-state index in [2.05, 4.69) is 5.32 Å². The zero-order chi connectivity index (χ0) is 20.5. The predicted octanol–water partition coefficient (Wildman–Crippen LogP) is 4.51. The molecule has 0 radical (unpaired) electrons. The van der Waals surface area contributed by atoms with Gasteiger partial charge >= 0.3 is 0 Å². The van der Waals surface area contributed by atoms with Gasteiger partial charge in [-0.3, -0.25) is 9.59 Å². The summed E-state index contributed by atoms with van der Waals surface area (Å²) >= 11 is 7.52. The van der Waals surface area contributed by atoms with Gasteiger partial charge in [0.25, 0.3) is 0 Å². The third kappa shape index (κ3) is 6.53. The van der Waals surface area contributed by atoms with Crippen LogP contribution in [-0.4, -0.2) is 35.6 Å². The Hall–Kier alpha value is -2.05. The number of nitrogens with one attached hydrogen (secondary N) is 1. The molecule has 4 nitrogen and oxygen atoms in total. The molecule has 0 aliphatic heterocycles. The van der Waals surface area contributed by atoms with Crippen LogP contribution in [0, 0.1) is 5.82 Å². The van der Waals surface area contributed by atoms with E-state index in [0.717, 1.165) is 10.6 Å². The standard InChI is InChI=1S/C21H24ClFN2O2S/c1-15(21(27)24-2)25(14-16-6-3-4-7-19(16)23)20(26)8-5-13-28-18-11-9-17(22)10-12-18/h3-4,6-7,9-12,15H,5,8,13-14H2,1-2H3,(H,24,27). The second-order valence-corrected chi connectivity index (χ2v) is 7.91. The number of rotatable bonds is 9. The van der Waals surface area contributed by atoms with Crippen LogP contribution >= 0.6 is 23.4 Å². The maximum absolute atomic E-state index is 14.0. The topological polar surface area (TPSA) is 49.4 Å². The summed E-state index contributed by atoms with van der Waals surface area (Å²) in [5.41, 5.74) is 0.391. The fourth-order valence-electron chi connectivity index (χ4n) is 2.69. The number of carbonyl (C=O) groups is 2. The Kier molecular flexibility index (Phi) is 8.80. The number of halogens is 2. The van der Waals surface area contributed by atoms with Crippen LogP contribution in [0.1, 0.15) is 25.3 Å². The molecule has 0 spiro atoms. The Labute approximate surface area is 174 Å². The summed E-state index contributed by atoms with van der Waals surface area (Å²) in [5, 5.41) is 3.24. The van der Waals surface area contributed by atoms with Crippen LogP contribution in [0.5, 0.6) is 0 Å². The van der Waals surface area contributed by atoms with Gasteiger partial charge in [-0.05, 0) is 49.4 Å². The first kappa shape index (κ1) is 22.2. The second-order valence-electron chi connectivity index (χ2n) is 6.31. The molecule has 0 saturated heterocycles. The Morgan fingerprint density at radius 1 is 1.18 bits per heavy atom. The van der Waals surface area contributed by atoms with Crippen LogP contribution in [0.15, 0.2) is 53.4 Å². The molecule has 0 aliphatic rings. The van der Waals surface area contributed by atoms with Gasteiger partial charge in [0.2, 0.25) is 11.8 Å². The summed E-state index contributed by atoms with van der Waals surface area (Å²) in [5.74, 6) is -0.0751. The number of hydrogen-bond acceptors (Lipinski definition) is 3. The quantitative estimate of drug-likeness (QED) is 0.477. The summed E-state index contributed by atoms with van der Waals surface area (Å²) in [6.07, 6.45) is 0.941. The Morgan fingerprint density at radius 3 is 2.50 bits per heavy atom. The maximum Gasteiger partial charge on any atom is 0.242 e. The lowest BCUT2D eigenvalue weighted by Crippen LogP contribution is -2.46. The van der Waals surface area contributed by atoms with Crippen molar-refractivity contribution >= 4 is 35.2 Å². The molecule has 0 aliphatic carbocycles. The van der Waals surface area contributed by atoms with Crippen molar-refractivity contribution in [3.05, 3.63) is 64.9 Å². The highest BCUT2D eigenvalue weighted by molar-refractivity contribution is 7.99. The van der Waals surface area contributed by atoms with E-state index in [1.54, 1.807) is 36.9 Å². The van der Waals surface area contributed by atoms with Gasteiger partial charge in [0, 0.05) is 35.5 Å². The van der Waals surface area contributed by atoms with Crippen LogP contribution in [0.3, 0.4) is 0 Å². The van der Waals surface area contributed by atoms with Gasteiger partial charge in [0.05, 0.1) is 0 Å². The number of nitrogens with zero attached hydrogens (tertiary/aromatic N) is 1. The summed E-state index contributed by atoms with van der Waals surface area (Å²) in [6, 6.07) is 13.1. The van der Waals surface area contributed by atoms with E-state index in [9.17, 15) is 14.0 Å². The number of hydrogen-bond donors (Lipinski definition) is 1. The highest BCUT2D eigenvalue weighted by Gasteiger charge is 2.25. The first-order chi connectivity index (χ1) is 13.4. The molecule has 0 saturated carbocycles. The van der Waals surface area contributed by atoms with E-state index in [-0.39, 0.29) is 30.6 Å². The summed E-state index contributed by atoms with van der Waals surface area (Å²) in [6.45, 7) is 1.71. The van der Waals surface area contributed by atoms with Crippen LogP contribution in [0.4, 0.5) is 4.39 Å². The average molecular weight is 423 g/mol. The van der Waals surface area contributed by atoms with E-state index in [0.29, 0.717) is 17.0 Å². The van der Waals surface area contributed by atoms with Crippen molar-refractivity contribution in [2.75, 3.05) is 12.8 Å². The molecule has 150 valence electrons. The molecule has 0 fully saturated rings. The summed E-state index contributed by atoms with van der Waals surface area (Å²) in [7, 11) is 1.52. The lowest BCUT2D eigenvalue weighted by molar-refractivity contribution is -0.140. The Balaban J connectivity index is 1.97. The molecule has 7 heteroatoms. The highest BCUT2D eigenvalue weighted by Crippen LogP contribution is 2.22. The van der Waals surface area contributed by atoms with Crippen LogP contribution in [-0.2, 0) is 16.1 Å². The Morgan fingerprint density at radius 2 is 1.86 bits per heavy atom. The molecule has 2 aromatic rings. The minimum absolute atomic E-state index is 0.0599. The van der Waals surface area contributed by atoms with Crippen molar-refractivity contribution < 1.29 is 14.0 Å². The zero-order valence-corrected chi connectivity index (χ0v) is 17.5. The molecule has 1 atom stereocenters. The molecular formula is C21H24ClFN2O2S. The molecule has 0 bridgehead atoms. The molecule has 28 heavy (non-hydrogen) atoms. The molecule has 2 rings (SSSR count). The monoisotopic (exact) mass is 422 g/mol. The third-order valence-electron chi connectivity index (χ3n) is 4.33. The minimum Gasteiger partial charge on any atom is -0.357 e. The number of benzene rings is 2. The maximum atomic E-state index is 14.0. The molecule has 0 heterocycles. The van der Waals surface area contributed by atoms with Crippen molar-refractivity contribution in [1.82, 2.24) is 10.2 Å². The van der Waals surface area contributed by atoms with Crippen molar-refractivity contribution in [2.24, 2.45) is 0 Å². The number of likely N-dealkylation sites (N-methyl/N-ethyl adjacent to an activating group) is 1. The van der Waals surface area contributed by atoms with Crippen molar-refractivity contribution in [2.45, 2.75) is 37.2 Å². The zero-order valence-electron chi connectivity index (χ0n) is 16.0. The van der Waals surface area contributed by atoms with Gasteiger partial charge in [-0.2, -0.15) is 0 Å². The number of amides is 2. The summed E-state index contributed by atoms with van der Waals surface area (Å²) in [4.78, 5) is 27.4. The van der Waals surface area contributed by atoms with Gasteiger partial charge in [-0.1, -0.05) is 29.8 Å². The molecule has 0 aromatic heterocycles. The van der Waals surface area contributed by atoms with Gasteiger partial charge in [0.15, 0.2) is 0 Å². The molecule has 2 aromatic carbocycles. The van der Waals surface area contributed by atoms with Gasteiger partial charge < -0.3 is 10.2 Å². The minimum atomic E-state index is -0.680. The highest BCUT2D eigenvalue weighted by atomic mass is 35.5. The van der Waals surface area contributed by atoms with Gasteiger partial charge in [-0.25, -0.2) is 4.39 Å². The van der Waals surface area contributed by atoms with E-state index in [1.165, 1.54) is 18.0 Å². The van der Waals surface area contributed by atoms with E-state index >= 15 is 0 Å². The lowest BCUT2D eigenvalue weighted by atomic mass is 10.1. The van der Waals surface area contributed by atoms with E-state index in [4.69, 9.17) is 11.6 Å². The Bertz CT molecular complexity index is 801. The van der Waals surface area contributed by atoms with E-state index < -0.39 is 6.04 Å². The van der Waals surface area contributed by atoms with Crippen molar-refractivity contribution in [1.29, 1.82) is 0 Å². The predicted molar refractivity (Wildman–Crippen MR) is 112 cm³/mol. The number of carbonyl (C=O) groups excluding carboxylic acids is 2. The van der Waals surface area contributed by atoms with Crippen LogP contribution in [0.25, 0.3) is 0 Å². The van der Waals surface area contributed by atoms with Crippen molar-refractivity contribution in [3.8, 4) is 0 Å².